The number of aliphatic carboxylic acids is 1. The summed E-state index contributed by atoms with van der Waals surface area (Å²) in [6.07, 6.45) is 5.22. The van der Waals surface area contributed by atoms with Gasteiger partial charge >= 0.3 is 12.0 Å². The summed E-state index contributed by atoms with van der Waals surface area (Å²) in [6, 6.07) is -0.238. The minimum absolute atomic E-state index is 0.0594. The van der Waals surface area contributed by atoms with E-state index in [2.05, 4.69) is 10.6 Å². The number of nitrogens with one attached hydrogen (secondary N) is 2. The molecule has 96 valence electrons. The zero-order valence-corrected chi connectivity index (χ0v) is 10.2. The zero-order valence-electron chi connectivity index (χ0n) is 10.2. The van der Waals surface area contributed by atoms with Crippen LogP contribution in [-0.4, -0.2) is 29.2 Å². The summed E-state index contributed by atoms with van der Waals surface area (Å²) in [6.45, 7) is 2.24. The zero-order chi connectivity index (χ0) is 12.5. The molecule has 2 fully saturated rings. The SMILES string of the molecule is CC1(NC(=O)NCC2(C(=O)O)CCCC2)CC1. The number of carbonyl (C=O) groups excluding carboxylic acids is 1. The lowest BCUT2D eigenvalue weighted by atomic mass is 9.86. The normalized spacial score (nSPS) is 24.1. The van der Waals surface area contributed by atoms with Gasteiger partial charge in [-0.2, -0.15) is 0 Å². The van der Waals surface area contributed by atoms with Crippen molar-refractivity contribution >= 4 is 12.0 Å². The van der Waals surface area contributed by atoms with Gasteiger partial charge in [0.05, 0.1) is 5.41 Å². The van der Waals surface area contributed by atoms with Crippen molar-refractivity contribution in [3.8, 4) is 0 Å². The first-order chi connectivity index (χ1) is 7.96. The molecule has 5 nitrogen and oxygen atoms in total. The van der Waals surface area contributed by atoms with Gasteiger partial charge in [-0.05, 0) is 32.6 Å². The maximum Gasteiger partial charge on any atom is 0.315 e. The highest BCUT2D eigenvalue weighted by Gasteiger charge is 2.42. The molecule has 2 amide bonds. The molecular weight excluding hydrogens is 220 g/mol. The largest absolute Gasteiger partial charge is 0.481 e. The Balaban J connectivity index is 1.83. The molecule has 0 aromatic carbocycles. The van der Waals surface area contributed by atoms with Gasteiger partial charge in [-0.15, -0.1) is 0 Å². The summed E-state index contributed by atoms with van der Waals surface area (Å²) >= 11 is 0. The van der Waals surface area contributed by atoms with Crippen molar-refractivity contribution in [1.29, 1.82) is 0 Å². The lowest BCUT2D eigenvalue weighted by molar-refractivity contribution is -0.148. The highest BCUT2D eigenvalue weighted by molar-refractivity contribution is 5.78. The molecular formula is C12H20N2O3. The van der Waals surface area contributed by atoms with Crippen LogP contribution in [0.4, 0.5) is 4.79 Å². The van der Waals surface area contributed by atoms with Crippen LogP contribution in [-0.2, 0) is 4.79 Å². The van der Waals surface area contributed by atoms with Crippen molar-refractivity contribution in [2.75, 3.05) is 6.54 Å². The standard InChI is InChI=1S/C12H20N2O3/c1-11(6-7-11)14-10(17)13-8-12(9(15)16)4-2-3-5-12/h2-8H2,1H3,(H,15,16)(H2,13,14,17). The van der Waals surface area contributed by atoms with E-state index in [9.17, 15) is 14.7 Å². The highest BCUT2D eigenvalue weighted by Crippen LogP contribution is 2.38. The fourth-order valence-corrected chi connectivity index (χ4v) is 2.40. The first-order valence-electron chi connectivity index (χ1n) is 6.25. The second kappa shape index (κ2) is 4.20. The lowest BCUT2D eigenvalue weighted by Gasteiger charge is -2.24. The Kier molecular flexibility index (Phi) is 3.02. The maximum atomic E-state index is 11.6. The van der Waals surface area contributed by atoms with Crippen LogP contribution in [0.3, 0.4) is 0 Å². The Labute approximate surface area is 101 Å². The molecule has 0 aromatic rings. The van der Waals surface area contributed by atoms with Gasteiger partial charge in [0.1, 0.15) is 0 Å². The van der Waals surface area contributed by atoms with Gasteiger partial charge in [-0.25, -0.2) is 4.79 Å². The third-order valence-electron chi connectivity index (χ3n) is 4.02. The van der Waals surface area contributed by atoms with E-state index in [1.165, 1.54) is 0 Å². The molecule has 0 spiro atoms. The van der Waals surface area contributed by atoms with Gasteiger partial charge in [0.15, 0.2) is 0 Å². The van der Waals surface area contributed by atoms with Gasteiger partial charge in [-0.3, -0.25) is 4.79 Å². The Morgan fingerprint density at radius 3 is 2.24 bits per heavy atom. The summed E-state index contributed by atoms with van der Waals surface area (Å²) in [4.78, 5) is 22.9. The second-order valence-electron chi connectivity index (χ2n) is 5.66. The summed E-state index contributed by atoms with van der Waals surface area (Å²) in [5.74, 6) is -0.784. The van der Waals surface area contributed by atoms with E-state index < -0.39 is 11.4 Å². The van der Waals surface area contributed by atoms with Gasteiger partial charge < -0.3 is 15.7 Å². The Morgan fingerprint density at radius 1 is 1.18 bits per heavy atom. The molecule has 0 unspecified atom stereocenters. The number of amides is 2. The van der Waals surface area contributed by atoms with Crippen LogP contribution in [0.2, 0.25) is 0 Å². The van der Waals surface area contributed by atoms with Crippen molar-refractivity contribution < 1.29 is 14.7 Å². The van der Waals surface area contributed by atoms with Crippen LogP contribution in [0.25, 0.3) is 0 Å². The second-order valence-corrected chi connectivity index (χ2v) is 5.66. The Hall–Kier alpha value is -1.26. The molecule has 2 aliphatic rings. The Bertz CT molecular complexity index is 331. The summed E-state index contributed by atoms with van der Waals surface area (Å²) < 4.78 is 0. The van der Waals surface area contributed by atoms with E-state index in [0.717, 1.165) is 25.7 Å². The number of carbonyl (C=O) groups is 2. The summed E-state index contributed by atoms with van der Waals surface area (Å²) in [7, 11) is 0. The number of carboxylic acid groups (broad SMARTS) is 1. The van der Waals surface area contributed by atoms with Gasteiger partial charge in [0.25, 0.3) is 0 Å². The summed E-state index contributed by atoms with van der Waals surface area (Å²) in [5, 5.41) is 14.8. The van der Waals surface area contributed by atoms with Crippen molar-refractivity contribution in [3.63, 3.8) is 0 Å². The topological polar surface area (TPSA) is 78.4 Å². The number of hydrogen-bond acceptors (Lipinski definition) is 2. The smallest absolute Gasteiger partial charge is 0.315 e. The molecule has 3 N–H and O–H groups in total. The van der Waals surface area contributed by atoms with Crippen LogP contribution in [0, 0.1) is 5.41 Å². The third kappa shape index (κ3) is 2.70. The van der Waals surface area contributed by atoms with E-state index >= 15 is 0 Å². The van der Waals surface area contributed by atoms with Crippen molar-refractivity contribution in [1.82, 2.24) is 10.6 Å². The number of carboxylic acids is 1. The molecule has 0 atom stereocenters. The first-order valence-corrected chi connectivity index (χ1v) is 6.25. The van der Waals surface area contributed by atoms with Crippen LogP contribution in [0.1, 0.15) is 45.4 Å². The predicted molar refractivity (Wildman–Crippen MR) is 62.7 cm³/mol. The molecule has 5 heteroatoms. The fraction of sp³-hybridized carbons (Fsp3) is 0.833. The van der Waals surface area contributed by atoms with E-state index in [4.69, 9.17) is 0 Å². The van der Waals surface area contributed by atoms with Crippen molar-refractivity contribution in [3.05, 3.63) is 0 Å². The van der Waals surface area contributed by atoms with Crippen molar-refractivity contribution in [2.45, 2.75) is 51.0 Å². The predicted octanol–water partition coefficient (Wildman–Crippen LogP) is 1.48. The number of urea groups is 1. The monoisotopic (exact) mass is 240 g/mol. The van der Waals surface area contributed by atoms with Crippen LogP contribution in [0.15, 0.2) is 0 Å². The number of rotatable bonds is 4. The molecule has 0 heterocycles. The molecule has 17 heavy (non-hydrogen) atoms. The molecule has 0 aliphatic heterocycles. The summed E-state index contributed by atoms with van der Waals surface area (Å²) in [5.41, 5.74) is -0.794. The molecule has 0 radical (unpaired) electrons. The van der Waals surface area contributed by atoms with Crippen molar-refractivity contribution in [2.24, 2.45) is 5.41 Å². The van der Waals surface area contributed by atoms with Gasteiger partial charge in [0, 0.05) is 12.1 Å². The quantitative estimate of drug-likeness (QED) is 0.696. The fourth-order valence-electron chi connectivity index (χ4n) is 2.40. The van der Waals surface area contributed by atoms with Crippen LogP contribution in [0.5, 0.6) is 0 Å². The molecule has 2 saturated carbocycles. The molecule has 0 saturated heterocycles. The minimum Gasteiger partial charge on any atom is -0.481 e. The van der Waals surface area contributed by atoms with E-state index in [0.29, 0.717) is 12.8 Å². The van der Waals surface area contributed by atoms with Gasteiger partial charge in [0.2, 0.25) is 0 Å². The average Bonchev–Trinajstić information content (AvgIpc) is 2.82. The third-order valence-corrected chi connectivity index (χ3v) is 4.02. The minimum atomic E-state index is -0.784. The van der Waals surface area contributed by atoms with E-state index in [1.807, 2.05) is 6.92 Å². The maximum absolute atomic E-state index is 11.6. The number of hydrogen-bond donors (Lipinski definition) is 3. The Morgan fingerprint density at radius 2 is 1.76 bits per heavy atom. The molecule has 0 aromatic heterocycles. The molecule has 2 rings (SSSR count). The molecule has 0 bridgehead atoms. The lowest BCUT2D eigenvalue weighted by Crippen LogP contribution is -2.47. The highest BCUT2D eigenvalue weighted by atomic mass is 16.4. The van der Waals surface area contributed by atoms with Gasteiger partial charge in [-0.1, -0.05) is 12.8 Å². The molecule has 2 aliphatic carbocycles. The van der Waals surface area contributed by atoms with E-state index in [-0.39, 0.29) is 18.1 Å². The van der Waals surface area contributed by atoms with Crippen LogP contribution >= 0.6 is 0 Å². The van der Waals surface area contributed by atoms with Crippen LogP contribution < -0.4 is 10.6 Å². The van der Waals surface area contributed by atoms with E-state index in [1.54, 1.807) is 0 Å². The average molecular weight is 240 g/mol. The first kappa shape index (κ1) is 12.2.